The van der Waals surface area contributed by atoms with Gasteiger partial charge in [-0.25, -0.2) is 0 Å². The van der Waals surface area contributed by atoms with E-state index in [4.69, 9.17) is 9.11 Å². The molecule has 0 amide bonds. The van der Waals surface area contributed by atoms with Gasteiger partial charge in [-0.3, -0.25) is 9.11 Å². The molecule has 0 saturated heterocycles. The summed E-state index contributed by atoms with van der Waals surface area (Å²) < 4.78 is 56.4. The van der Waals surface area contributed by atoms with E-state index in [1.165, 1.54) is 13.8 Å². The molecule has 0 saturated carbocycles. The molecule has 10 heteroatoms. The van der Waals surface area contributed by atoms with E-state index in [1.807, 2.05) is 0 Å². The molecule has 0 aliphatic heterocycles. The fourth-order valence-electron chi connectivity index (χ4n) is 0.842. The van der Waals surface area contributed by atoms with Crippen LogP contribution in [0.3, 0.4) is 0 Å². The van der Waals surface area contributed by atoms with Crippen molar-refractivity contribution in [3.8, 4) is 0 Å². The quantitative estimate of drug-likeness (QED) is 0.371. The van der Waals surface area contributed by atoms with Crippen LogP contribution in [0.1, 0.15) is 16.7 Å². The van der Waals surface area contributed by atoms with Crippen molar-refractivity contribution in [3.63, 3.8) is 0 Å². The van der Waals surface area contributed by atoms with E-state index in [0.29, 0.717) is 0 Å². The standard InChI is InChI=1S/C4H10O6S2.2Li.2H/c1-3(2)4(11(5,6)7)12(8,9)10;;;;/h3-4H,1-2H3,(H,5,6,7)(H,8,9,10);;;;/q;2*+1;2*-1. The van der Waals surface area contributed by atoms with Gasteiger partial charge in [-0.1, -0.05) is 13.8 Å². The molecule has 6 nitrogen and oxygen atoms in total. The molecule has 0 heterocycles. The Bertz CT molecular complexity index is 321. The second-order valence-electron chi connectivity index (χ2n) is 2.64. The summed E-state index contributed by atoms with van der Waals surface area (Å²) in [5.74, 6) is -0.907. The Kier molecular flexibility index (Phi) is 9.58. The van der Waals surface area contributed by atoms with Gasteiger partial charge in [0.25, 0.3) is 20.2 Å². The minimum Gasteiger partial charge on any atom is -1.00 e. The molecular formula is C4H12Li2O6S2. The van der Waals surface area contributed by atoms with Gasteiger partial charge in [0.2, 0.25) is 4.58 Å². The average Bonchev–Trinajstić information content (AvgIpc) is 1.49. The van der Waals surface area contributed by atoms with Gasteiger partial charge < -0.3 is 2.85 Å². The van der Waals surface area contributed by atoms with Crippen LogP contribution in [0.4, 0.5) is 0 Å². The summed E-state index contributed by atoms with van der Waals surface area (Å²) in [5, 5.41) is 0. The van der Waals surface area contributed by atoms with Crippen molar-refractivity contribution in [2.24, 2.45) is 5.92 Å². The maximum atomic E-state index is 10.4. The smallest absolute Gasteiger partial charge is 1.00 e. The second-order valence-corrected chi connectivity index (χ2v) is 6.02. The van der Waals surface area contributed by atoms with E-state index in [9.17, 15) is 16.8 Å². The van der Waals surface area contributed by atoms with Crippen LogP contribution >= 0.6 is 0 Å². The van der Waals surface area contributed by atoms with E-state index in [-0.39, 0.29) is 40.6 Å². The van der Waals surface area contributed by atoms with Crippen molar-refractivity contribution in [1.82, 2.24) is 0 Å². The normalized spacial score (nSPS) is 12.1. The molecule has 0 radical (unpaired) electrons. The Hall–Kier alpha value is 1.01. The Balaban J connectivity index is -0.000000101. The van der Waals surface area contributed by atoms with E-state index < -0.39 is 30.7 Å². The molecule has 0 aliphatic carbocycles. The predicted octanol–water partition coefficient (Wildman–Crippen LogP) is -6.02. The van der Waals surface area contributed by atoms with Gasteiger partial charge in [0, 0.05) is 0 Å². The Morgan fingerprint density at radius 1 is 0.929 bits per heavy atom. The Morgan fingerprint density at radius 3 is 1.14 bits per heavy atom. The summed E-state index contributed by atoms with van der Waals surface area (Å²) in [6.45, 7) is 2.51. The fraction of sp³-hybridized carbons (Fsp3) is 1.00. The molecule has 0 unspecified atom stereocenters. The van der Waals surface area contributed by atoms with Crippen molar-refractivity contribution in [2.75, 3.05) is 0 Å². The van der Waals surface area contributed by atoms with Gasteiger partial charge in [-0.15, -0.1) is 0 Å². The van der Waals surface area contributed by atoms with Crippen LogP contribution in [0, 0.1) is 5.92 Å². The van der Waals surface area contributed by atoms with Gasteiger partial charge in [-0.05, 0) is 5.92 Å². The molecule has 2 N–H and O–H groups in total. The van der Waals surface area contributed by atoms with Gasteiger partial charge in [0.05, 0.1) is 0 Å². The van der Waals surface area contributed by atoms with E-state index in [1.54, 1.807) is 0 Å². The average molecular weight is 234 g/mol. The molecule has 0 fully saturated rings. The van der Waals surface area contributed by atoms with Crippen LogP contribution in [0.5, 0.6) is 0 Å². The first-order valence-corrected chi connectivity index (χ1v) is 6.00. The SMILES string of the molecule is CC(C)C(S(=O)(=O)O)S(=O)(=O)O.[H-].[H-].[Li+].[Li+]. The molecule has 0 atom stereocenters. The minimum absolute atomic E-state index is 0. The predicted molar refractivity (Wildman–Crippen MR) is 43.9 cm³/mol. The second kappa shape index (κ2) is 6.57. The molecular weight excluding hydrogens is 222 g/mol. The van der Waals surface area contributed by atoms with Crippen molar-refractivity contribution < 1.29 is 66.5 Å². The molecule has 78 valence electrons. The van der Waals surface area contributed by atoms with E-state index in [2.05, 4.69) is 0 Å². The van der Waals surface area contributed by atoms with Crippen LogP contribution in [-0.4, -0.2) is 30.5 Å². The third-order valence-corrected chi connectivity index (χ3v) is 4.85. The van der Waals surface area contributed by atoms with Crippen molar-refractivity contribution >= 4 is 20.2 Å². The molecule has 0 aromatic carbocycles. The zero-order chi connectivity index (χ0) is 10.2. The maximum absolute atomic E-state index is 10.4. The zero-order valence-corrected chi connectivity index (χ0v) is 10.1. The summed E-state index contributed by atoms with van der Waals surface area (Å²) in [6.07, 6.45) is 0. The van der Waals surface area contributed by atoms with Crippen LogP contribution < -0.4 is 37.7 Å². The summed E-state index contributed by atoms with van der Waals surface area (Å²) in [5.41, 5.74) is 0. The topological polar surface area (TPSA) is 109 Å². The summed E-state index contributed by atoms with van der Waals surface area (Å²) in [7, 11) is -9.52. The third kappa shape index (κ3) is 6.49. The third-order valence-electron chi connectivity index (χ3n) is 1.13. The Morgan fingerprint density at radius 2 is 1.14 bits per heavy atom. The van der Waals surface area contributed by atoms with Gasteiger partial charge >= 0.3 is 37.7 Å². The minimum atomic E-state index is -4.76. The molecule has 0 rings (SSSR count). The molecule has 0 bridgehead atoms. The number of hydrogen-bond acceptors (Lipinski definition) is 4. The molecule has 0 spiro atoms. The number of rotatable bonds is 3. The molecule has 0 aromatic rings. The monoisotopic (exact) mass is 234 g/mol. The maximum Gasteiger partial charge on any atom is 1.00 e. The van der Waals surface area contributed by atoms with Gasteiger partial charge in [0.1, 0.15) is 0 Å². The van der Waals surface area contributed by atoms with E-state index in [0.717, 1.165) is 0 Å². The van der Waals surface area contributed by atoms with Gasteiger partial charge in [-0.2, -0.15) is 16.8 Å². The summed E-state index contributed by atoms with van der Waals surface area (Å²) in [4.78, 5) is 0. The zero-order valence-electron chi connectivity index (χ0n) is 10.5. The first kappa shape index (κ1) is 20.4. The van der Waals surface area contributed by atoms with Crippen LogP contribution in [0.25, 0.3) is 0 Å². The fourth-order valence-corrected chi connectivity index (χ4v) is 3.45. The Labute approximate surface area is 111 Å². The van der Waals surface area contributed by atoms with Crippen molar-refractivity contribution in [2.45, 2.75) is 18.4 Å². The molecule has 0 aliphatic rings. The van der Waals surface area contributed by atoms with Crippen LogP contribution in [0.15, 0.2) is 0 Å². The summed E-state index contributed by atoms with van der Waals surface area (Å²) >= 11 is 0. The first-order valence-electron chi connectivity index (χ1n) is 2.99. The largest absolute Gasteiger partial charge is 1.00 e. The van der Waals surface area contributed by atoms with Crippen LogP contribution in [-0.2, 0) is 20.2 Å². The van der Waals surface area contributed by atoms with Crippen molar-refractivity contribution in [1.29, 1.82) is 0 Å². The molecule has 14 heavy (non-hydrogen) atoms. The summed E-state index contributed by atoms with van der Waals surface area (Å²) in [6, 6.07) is 0. The van der Waals surface area contributed by atoms with Crippen molar-refractivity contribution in [3.05, 3.63) is 0 Å². The van der Waals surface area contributed by atoms with E-state index >= 15 is 0 Å². The first-order chi connectivity index (χ1) is 5.07. The van der Waals surface area contributed by atoms with Gasteiger partial charge in [0.15, 0.2) is 0 Å². The number of hydrogen-bond donors (Lipinski definition) is 2. The molecule has 0 aromatic heterocycles. The van der Waals surface area contributed by atoms with Crippen LogP contribution in [0.2, 0.25) is 0 Å².